The molecule has 20 heavy (non-hydrogen) atoms. The quantitative estimate of drug-likeness (QED) is 0.581. The van der Waals surface area contributed by atoms with Crippen molar-refractivity contribution in [1.29, 1.82) is 0 Å². The SMILES string of the molecule is C[C@]12CCC(=O)C=C1CCC=C2OS(=O)(=O)C(F)(F)F. The maximum atomic E-state index is 12.4. The molecule has 0 unspecified atom stereocenters. The van der Waals surface area contributed by atoms with Gasteiger partial charge in [-0.15, -0.1) is 0 Å². The molecule has 2 rings (SSSR count). The number of carbonyl (C=O) groups is 1. The van der Waals surface area contributed by atoms with E-state index in [0.29, 0.717) is 18.4 Å². The highest BCUT2D eigenvalue weighted by Crippen LogP contribution is 2.49. The van der Waals surface area contributed by atoms with Crippen LogP contribution in [0.25, 0.3) is 0 Å². The normalized spacial score (nSPS) is 27.5. The Balaban J connectivity index is 2.36. The van der Waals surface area contributed by atoms with E-state index in [0.717, 1.165) is 0 Å². The third kappa shape index (κ3) is 2.48. The number of halogens is 3. The van der Waals surface area contributed by atoms with Crippen molar-refractivity contribution in [2.75, 3.05) is 0 Å². The summed E-state index contributed by atoms with van der Waals surface area (Å²) in [5.41, 5.74) is -5.79. The number of allylic oxidation sites excluding steroid dienone is 3. The van der Waals surface area contributed by atoms with Crippen LogP contribution in [0, 0.1) is 5.41 Å². The predicted molar refractivity (Wildman–Crippen MR) is 63.8 cm³/mol. The van der Waals surface area contributed by atoms with E-state index >= 15 is 0 Å². The monoisotopic (exact) mass is 310 g/mol. The fraction of sp³-hybridized carbons (Fsp3) is 0.583. The molecular formula is C12H13F3O4S. The molecule has 0 aromatic rings. The Morgan fingerprint density at radius 3 is 2.55 bits per heavy atom. The van der Waals surface area contributed by atoms with E-state index < -0.39 is 21.0 Å². The fourth-order valence-electron chi connectivity index (χ4n) is 2.46. The van der Waals surface area contributed by atoms with Gasteiger partial charge < -0.3 is 4.18 Å². The van der Waals surface area contributed by atoms with E-state index in [1.165, 1.54) is 12.2 Å². The molecule has 2 aliphatic carbocycles. The van der Waals surface area contributed by atoms with Crippen LogP contribution in [0.1, 0.15) is 32.6 Å². The van der Waals surface area contributed by atoms with Gasteiger partial charge in [0.05, 0.1) is 0 Å². The molecule has 0 aromatic heterocycles. The maximum absolute atomic E-state index is 12.4. The summed E-state index contributed by atoms with van der Waals surface area (Å²) >= 11 is 0. The van der Waals surface area contributed by atoms with Gasteiger partial charge in [0.15, 0.2) is 5.78 Å². The lowest BCUT2D eigenvalue weighted by atomic mass is 9.68. The van der Waals surface area contributed by atoms with Gasteiger partial charge in [0.1, 0.15) is 5.76 Å². The molecule has 0 aliphatic heterocycles. The summed E-state index contributed by atoms with van der Waals surface area (Å²) in [6.07, 6.45) is 4.01. The van der Waals surface area contributed by atoms with Gasteiger partial charge in [-0.1, -0.05) is 5.57 Å². The van der Waals surface area contributed by atoms with Crippen molar-refractivity contribution in [2.45, 2.75) is 38.1 Å². The van der Waals surface area contributed by atoms with Crippen molar-refractivity contribution in [3.63, 3.8) is 0 Å². The summed E-state index contributed by atoms with van der Waals surface area (Å²) in [6, 6.07) is 0. The lowest BCUT2D eigenvalue weighted by Crippen LogP contribution is -2.34. The standard InChI is InChI=1S/C12H13F3O4S/c1-11-6-5-9(16)7-8(11)3-2-4-10(11)19-20(17,18)12(13,14)15/h4,7H,2-3,5-6H2,1H3/t11-/m0/s1. The Morgan fingerprint density at radius 2 is 1.95 bits per heavy atom. The first-order valence-electron chi connectivity index (χ1n) is 6.01. The van der Waals surface area contributed by atoms with Crippen LogP contribution in [0.3, 0.4) is 0 Å². The third-order valence-corrected chi connectivity index (χ3v) is 4.65. The van der Waals surface area contributed by atoms with Crippen LogP contribution in [0.15, 0.2) is 23.5 Å². The minimum atomic E-state index is -5.68. The van der Waals surface area contributed by atoms with Crippen molar-refractivity contribution < 1.29 is 30.6 Å². The lowest BCUT2D eigenvalue weighted by molar-refractivity contribution is -0.115. The zero-order valence-electron chi connectivity index (χ0n) is 10.7. The molecule has 0 fully saturated rings. The largest absolute Gasteiger partial charge is 0.534 e. The Labute approximate surface area is 114 Å². The maximum Gasteiger partial charge on any atom is 0.534 e. The Hall–Kier alpha value is -1.31. The van der Waals surface area contributed by atoms with E-state index in [9.17, 15) is 26.4 Å². The summed E-state index contributed by atoms with van der Waals surface area (Å²) < 4.78 is 63.7. The van der Waals surface area contributed by atoms with Crippen LogP contribution >= 0.6 is 0 Å². The number of carbonyl (C=O) groups excluding carboxylic acids is 1. The molecule has 0 heterocycles. The van der Waals surface area contributed by atoms with Gasteiger partial charge in [-0.05, 0) is 38.3 Å². The second-order valence-corrected chi connectivity index (χ2v) is 6.60. The first-order chi connectivity index (χ1) is 9.06. The molecular weight excluding hydrogens is 297 g/mol. The summed E-state index contributed by atoms with van der Waals surface area (Å²) in [7, 11) is -5.68. The molecule has 4 nitrogen and oxygen atoms in total. The molecule has 0 amide bonds. The van der Waals surface area contributed by atoms with Gasteiger partial charge in [0, 0.05) is 11.8 Å². The molecule has 2 aliphatic rings. The van der Waals surface area contributed by atoms with Crippen molar-refractivity contribution >= 4 is 15.9 Å². The van der Waals surface area contributed by atoms with E-state index in [4.69, 9.17) is 0 Å². The number of alkyl halides is 3. The highest BCUT2D eigenvalue weighted by atomic mass is 32.2. The number of hydrogen-bond donors (Lipinski definition) is 0. The zero-order chi connectivity index (χ0) is 15.2. The number of fused-ring (bicyclic) bond motifs is 1. The van der Waals surface area contributed by atoms with E-state index in [1.54, 1.807) is 6.92 Å². The van der Waals surface area contributed by atoms with Gasteiger partial charge in [-0.3, -0.25) is 4.79 Å². The molecule has 112 valence electrons. The average molecular weight is 310 g/mol. The molecule has 0 spiro atoms. The molecule has 8 heteroatoms. The molecule has 1 atom stereocenters. The van der Waals surface area contributed by atoms with Crippen LogP contribution in [-0.2, 0) is 19.1 Å². The van der Waals surface area contributed by atoms with Crippen molar-refractivity contribution in [3.05, 3.63) is 23.5 Å². The highest BCUT2D eigenvalue weighted by molar-refractivity contribution is 7.87. The van der Waals surface area contributed by atoms with Crippen molar-refractivity contribution in [3.8, 4) is 0 Å². The summed E-state index contributed by atoms with van der Waals surface area (Å²) in [5, 5.41) is 0. The van der Waals surface area contributed by atoms with Gasteiger partial charge in [0.2, 0.25) is 0 Å². The number of hydrogen-bond acceptors (Lipinski definition) is 4. The van der Waals surface area contributed by atoms with Gasteiger partial charge in [-0.2, -0.15) is 21.6 Å². The molecule has 0 N–H and O–H groups in total. The van der Waals surface area contributed by atoms with Gasteiger partial charge in [-0.25, -0.2) is 0 Å². The molecule has 0 aromatic carbocycles. The van der Waals surface area contributed by atoms with E-state index in [1.807, 2.05) is 0 Å². The molecule has 0 saturated heterocycles. The van der Waals surface area contributed by atoms with Crippen molar-refractivity contribution in [1.82, 2.24) is 0 Å². The topological polar surface area (TPSA) is 60.4 Å². The Morgan fingerprint density at radius 1 is 1.30 bits per heavy atom. The van der Waals surface area contributed by atoms with Crippen LogP contribution in [-0.4, -0.2) is 19.7 Å². The molecule has 0 bridgehead atoms. The number of ketones is 1. The van der Waals surface area contributed by atoms with Crippen LogP contribution in [0.4, 0.5) is 13.2 Å². The summed E-state index contributed by atoms with van der Waals surface area (Å²) in [4.78, 5) is 11.4. The second-order valence-electron chi connectivity index (χ2n) is 5.06. The second kappa shape index (κ2) is 4.61. The van der Waals surface area contributed by atoms with Crippen LogP contribution in [0.5, 0.6) is 0 Å². The first kappa shape index (κ1) is 15.1. The minimum Gasteiger partial charge on any atom is -0.380 e. The van der Waals surface area contributed by atoms with Crippen LogP contribution in [0.2, 0.25) is 0 Å². The Bertz CT molecular complexity index is 601. The van der Waals surface area contributed by atoms with Crippen molar-refractivity contribution in [2.24, 2.45) is 5.41 Å². The summed E-state index contributed by atoms with van der Waals surface area (Å²) in [6.45, 7) is 1.60. The van der Waals surface area contributed by atoms with E-state index in [-0.39, 0.29) is 24.4 Å². The van der Waals surface area contributed by atoms with Gasteiger partial charge >= 0.3 is 15.6 Å². The predicted octanol–water partition coefficient (Wildman–Crippen LogP) is 2.83. The first-order valence-corrected chi connectivity index (χ1v) is 7.42. The Kier molecular flexibility index (Phi) is 3.48. The highest BCUT2D eigenvalue weighted by Gasteiger charge is 2.51. The molecule has 0 saturated carbocycles. The van der Waals surface area contributed by atoms with Gasteiger partial charge in [0.25, 0.3) is 0 Å². The average Bonchev–Trinajstić information content (AvgIpc) is 2.30. The minimum absolute atomic E-state index is 0.0996. The lowest BCUT2D eigenvalue weighted by Gasteiger charge is -2.38. The molecule has 0 radical (unpaired) electrons. The number of rotatable bonds is 2. The zero-order valence-corrected chi connectivity index (χ0v) is 11.5. The fourth-order valence-corrected chi connectivity index (χ4v) is 3.05. The summed E-state index contributed by atoms with van der Waals surface area (Å²) in [5.74, 6) is -0.336. The van der Waals surface area contributed by atoms with E-state index in [2.05, 4.69) is 4.18 Å². The smallest absolute Gasteiger partial charge is 0.380 e. The third-order valence-electron chi connectivity index (χ3n) is 3.69. The van der Waals surface area contributed by atoms with Crippen LogP contribution < -0.4 is 0 Å².